The molecule has 1 aliphatic heterocycles. The zero-order valence-electron chi connectivity index (χ0n) is 10.7. The number of benzene rings is 1. The first-order valence-corrected chi connectivity index (χ1v) is 7.57. The molecule has 106 valence electrons. The number of esters is 1. The standard InChI is InChI=1S/C13H16O4S.H2S/c1-2-6-10-9-17-13(14)12(10)18(15,16)11-7-4-3-5-8-11;/h3-5,7-8,10,12H,2,6,9H2,1H3;1H2/t10-,12?;/m0./s1. The van der Waals surface area contributed by atoms with Crippen LogP contribution in [-0.4, -0.2) is 26.2 Å². The van der Waals surface area contributed by atoms with E-state index < -0.39 is 21.1 Å². The number of hydrogen-bond donors (Lipinski definition) is 0. The molecule has 1 aromatic carbocycles. The molecule has 1 aromatic rings. The normalized spacial score (nSPS) is 22.7. The minimum absolute atomic E-state index is 0. The van der Waals surface area contributed by atoms with Crippen molar-refractivity contribution < 1.29 is 17.9 Å². The van der Waals surface area contributed by atoms with Gasteiger partial charge >= 0.3 is 5.97 Å². The second kappa shape index (κ2) is 6.43. The molecule has 19 heavy (non-hydrogen) atoms. The second-order valence-electron chi connectivity index (χ2n) is 4.46. The van der Waals surface area contributed by atoms with E-state index in [9.17, 15) is 13.2 Å². The summed E-state index contributed by atoms with van der Waals surface area (Å²) in [6.45, 7) is 2.18. The van der Waals surface area contributed by atoms with Crippen LogP contribution in [0.25, 0.3) is 0 Å². The smallest absolute Gasteiger partial charge is 0.325 e. The Hall–Kier alpha value is -1.01. The van der Waals surface area contributed by atoms with Crippen molar-refractivity contribution in [1.29, 1.82) is 0 Å². The van der Waals surface area contributed by atoms with E-state index in [-0.39, 0.29) is 30.9 Å². The molecule has 2 rings (SSSR count). The van der Waals surface area contributed by atoms with E-state index in [0.29, 0.717) is 6.42 Å². The van der Waals surface area contributed by atoms with Gasteiger partial charge in [-0.15, -0.1) is 0 Å². The van der Waals surface area contributed by atoms with Crippen molar-refractivity contribution in [3.8, 4) is 0 Å². The zero-order chi connectivity index (χ0) is 13.2. The van der Waals surface area contributed by atoms with Gasteiger partial charge in [0.25, 0.3) is 0 Å². The number of cyclic esters (lactones) is 1. The first kappa shape index (κ1) is 16.0. The van der Waals surface area contributed by atoms with Crippen LogP contribution < -0.4 is 0 Å². The lowest BCUT2D eigenvalue weighted by Crippen LogP contribution is -2.32. The maximum atomic E-state index is 12.4. The average molecular weight is 302 g/mol. The number of ether oxygens (including phenoxy) is 1. The molecule has 0 amide bonds. The molecular formula is C13H18O4S2. The Labute approximate surface area is 120 Å². The number of carbonyl (C=O) groups excluding carboxylic acids is 1. The van der Waals surface area contributed by atoms with Gasteiger partial charge in [0.15, 0.2) is 15.1 Å². The largest absolute Gasteiger partial charge is 0.464 e. The summed E-state index contributed by atoms with van der Waals surface area (Å²) in [6.07, 6.45) is 1.52. The molecule has 0 spiro atoms. The SMILES string of the molecule is CCC[C@H]1COC(=O)C1S(=O)(=O)c1ccccc1.S. The van der Waals surface area contributed by atoms with Crippen LogP contribution in [0.5, 0.6) is 0 Å². The molecule has 1 saturated heterocycles. The highest BCUT2D eigenvalue weighted by molar-refractivity contribution is 7.92. The zero-order valence-corrected chi connectivity index (χ0v) is 12.5. The summed E-state index contributed by atoms with van der Waals surface area (Å²) in [5.41, 5.74) is 0. The van der Waals surface area contributed by atoms with Gasteiger partial charge in [-0.25, -0.2) is 8.42 Å². The van der Waals surface area contributed by atoms with Gasteiger partial charge in [0.2, 0.25) is 0 Å². The highest BCUT2D eigenvalue weighted by Crippen LogP contribution is 2.30. The van der Waals surface area contributed by atoms with E-state index in [1.165, 1.54) is 12.1 Å². The van der Waals surface area contributed by atoms with Gasteiger partial charge in [-0.1, -0.05) is 31.5 Å². The van der Waals surface area contributed by atoms with E-state index in [2.05, 4.69) is 0 Å². The molecule has 0 aliphatic carbocycles. The number of hydrogen-bond acceptors (Lipinski definition) is 4. The minimum Gasteiger partial charge on any atom is -0.464 e. The molecule has 2 atom stereocenters. The molecule has 1 fully saturated rings. The molecule has 0 aromatic heterocycles. The molecule has 1 unspecified atom stereocenters. The minimum atomic E-state index is -3.63. The van der Waals surface area contributed by atoms with Crippen LogP contribution in [-0.2, 0) is 19.4 Å². The highest BCUT2D eigenvalue weighted by atomic mass is 32.2. The van der Waals surface area contributed by atoms with Crippen LogP contribution in [0.1, 0.15) is 19.8 Å². The van der Waals surface area contributed by atoms with Crippen molar-refractivity contribution in [3.63, 3.8) is 0 Å². The van der Waals surface area contributed by atoms with Gasteiger partial charge in [0.1, 0.15) is 0 Å². The van der Waals surface area contributed by atoms with E-state index >= 15 is 0 Å². The first-order chi connectivity index (χ1) is 8.57. The molecule has 6 heteroatoms. The van der Waals surface area contributed by atoms with Crippen molar-refractivity contribution >= 4 is 29.3 Å². The topological polar surface area (TPSA) is 60.4 Å². The lowest BCUT2D eigenvalue weighted by Gasteiger charge is -2.14. The van der Waals surface area contributed by atoms with E-state index in [4.69, 9.17) is 4.74 Å². The number of rotatable bonds is 4. The van der Waals surface area contributed by atoms with Crippen LogP contribution in [0.15, 0.2) is 35.2 Å². The number of carbonyl (C=O) groups is 1. The van der Waals surface area contributed by atoms with Gasteiger partial charge in [-0.2, -0.15) is 13.5 Å². The van der Waals surface area contributed by atoms with Crippen molar-refractivity contribution in [3.05, 3.63) is 30.3 Å². The predicted molar refractivity (Wildman–Crippen MR) is 77.2 cm³/mol. The van der Waals surface area contributed by atoms with Crippen LogP contribution in [0.4, 0.5) is 0 Å². The number of sulfone groups is 1. The third-order valence-electron chi connectivity index (χ3n) is 3.17. The van der Waals surface area contributed by atoms with Crippen molar-refractivity contribution in [2.45, 2.75) is 29.9 Å². The van der Waals surface area contributed by atoms with E-state index in [0.717, 1.165) is 6.42 Å². The summed E-state index contributed by atoms with van der Waals surface area (Å²) in [5.74, 6) is -0.843. The molecule has 1 aliphatic rings. The molecule has 0 bridgehead atoms. The van der Waals surface area contributed by atoms with Crippen molar-refractivity contribution in [2.75, 3.05) is 6.61 Å². The van der Waals surface area contributed by atoms with Crippen molar-refractivity contribution in [1.82, 2.24) is 0 Å². The van der Waals surface area contributed by atoms with Crippen molar-refractivity contribution in [2.24, 2.45) is 5.92 Å². The highest BCUT2D eigenvalue weighted by Gasteiger charge is 2.46. The molecular weight excluding hydrogens is 284 g/mol. The molecule has 4 nitrogen and oxygen atoms in total. The van der Waals surface area contributed by atoms with Crippen LogP contribution >= 0.6 is 13.5 Å². The lowest BCUT2D eigenvalue weighted by atomic mass is 10.0. The van der Waals surface area contributed by atoms with E-state index in [1.54, 1.807) is 18.2 Å². The Morgan fingerprint density at radius 2 is 1.89 bits per heavy atom. The molecule has 1 heterocycles. The van der Waals surface area contributed by atoms with Crippen LogP contribution in [0.2, 0.25) is 0 Å². The monoisotopic (exact) mass is 302 g/mol. The third-order valence-corrected chi connectivity index (χ3v) is 5.34. The van der Waals surface area contributed by atoms with Crippen LogP contribution in [0.3, 0.4) is 0 Å². The molecule has 0 saturated carbocycles. The summed E-state index contributed by atoms with van der Waals surface area (Å²) in [7, 11) is -3.63. The third kappa shape index (κ3) is 3.12. The van der Waals surface area contributed by atoms with Gasteiger partial charge in [0.05, 0.1) is 11.5 Å². The summed E-state index contributed by atoms with van der Waals surface area (Å²) in [5, 5.41) is -1.04. The molecule has 0 N–H and O–H groups in total. The fourth-order valence-electron chi connectivity index (χ4n) is 2.29. The van der Waals surface area contributed by atoms with Crippen LogP contribution in [0, 0.1) is 5.92 Å². The summed E-state index contributed by atoms with van der Waals surface area (Å²) >= 11 is 0. The Bertz CT molecular complexity index is 525. The Morgan fingerprint density at radius 3 is 2.47 bits per heavy atom. The van der Waals surface area contributed by atoms with Gasteiger partial charge in [-0.05, 0) is 18.6 Å². The summed E-state index contributed by atoms with van der Waals surface area (Å²) < 4.78 is 29.8. The van der Waals surface area contributed by atoms with Gasteiger partial charge in [0, 0.05) is 5.92 Å². The lowest BCUT2D eigenvalue weighted by molar-refractivity contribution is -0.137. The van der Waals surface area contributed by atoms with E-state index in [1.807, 2.05) is 6.92 Å². The maximum Gasteiger partial charge on any atom is 0.325 e. The first-order valence-electron chi connectivity index (χ1n) is 6.03. The second-order valence-corrected chi connectivity index (χ2v) is 6.53. The average Bonchev–Trinajstić information content (AvgIpc) is 2.73. The van der Waals surface area contributed by atoms with Gasteiger partial charge in [-0.3, -0.25) is 4.79 Å². The predicted octanol–water partition coefficient (Wildman–Crippen LogP) is 1.91. The van der Waals surface area contributed by atoms with Gasteiger partial charge < -0.3 is 4.74 Å². The quantitative estimate of drug-likeness (QED) is 0.797. The Balaban J connectivity index is 0.00000180. The fraction of sp³-hybridized carbons (Fsp3) is 0.462. The summed E-state index contributed by atoms with van der Waals surface area (Å²) in [6, 6.07) is 8.09. The summed E-state index contributed by atoms with van der Waals surface area (Å²) in [4.78, 5) is 11.9. The maximum absolute atomic E-state index is 12.4. The molecule has 0 radical (unpaired) electrons. The Kier molecular flexibility index (Phi) is 5.43. The Morgan fingerprint density at radius 1 is 1.26 bits per heavy atom. The fourth-order valence-corrected chi connectivity index (χ4v) is 4.17.